The summed E-state index contributed by atoms with van der Waals surface area (Å²) < 4.78 is 27.2. The molecule has 0 aliphatic rings. The summed E-state index contributed by atoms with van der Waals surface area (Å²) in [5.74, 6) is -0.282. The van der Waals surface area contributed by atoms with Gasteiger partial charge in [0.2, 0.25) is 0 Å². The molecule has 3 rings (SSSR count). The van der Waals surface area contributed by atoms with Crippen LogP contribution in [0.2, 0.25) is 5.02 Å². The van der Waals surface area contributed by atoms with Crippen LogP contribution in [0.15, 0.2) is 71.8 Å². The quantitative estimate of drug-likeness (QED) is 0.455. The molecule has 1 amide bonds. The molecule has 9 nitrogen and oxygen atoms in total. The lowest BCUT2D eigenvalue weighted by Crippen LogP contribution is -2.19. The minimum absolute atomic E-state index is 0.00104. The number of non-ortho nitro benzene ring substituents is 1. The van der Waals surface area contributed by atoms with E-state index in [2.05, 4.69) is 15.0 Å². The zero-order valence-corrected chi connectivity index (χ0v) is 16.2. The van der Waals surface area contributed by atoms with Gasteiger partial charge < -0.3 is 5.32 Å². The number of anilines is 2. The van der Waals surface area contributed by atoms with Gasteiger partial charge in [0.1, 0.15) is 4.90 Å². The molecule has 0 saturated carbocycles. The molecule has 3 N–H and O–H groups in total. The van der Waals surface area contributed by atoms with Crippen LogP contribution in [0, 0.1) is 10.1 Å². The van der Waals surface area contributed by atoms with Crippen LogP contribution in [0.3, 0.4) is 0 Å². The van der Waals surface area contributed by atoms with Crippen LogP contribution in [0.4, 0.5) is 17.2 Å². The number of carbonyl (C=O) groups is 1. The number of amides is 1. The smallest absolute Gasteiger partial charge is 0.322 e. The first-order valence-corrected chi connectivity index (χ1v) is 9.97. The molecule has 2 aromatic carbocycles. The lowest BCUT2D eigenvalue weighted by Gasteiger charge is -2.08. The molecule has 1 aromatic heterocycles. The molecule has 3 aromatic rings. The highest BCUT2D eigenvalue weighted by atomic mass is 35.5. The summed E-state index contributed by atoms with van der Waals surface area (Å²) in [6.07, 6.45) is 1.58. The van der Waals surface area contributed by atoms with E-state index in [-0.39, 0.29) is 21.2 Å². The van der Waals surface area contributed by atoms with Crippen molar-refractivity contribution in [2.75, 3.05) is 10.0 Å². The third kappa shape index (κ3) is 4.86. The van der Waals surface area contributed by atoms with Gasteiger partial charge in [-0.3, -0.25) is 14.9 Å². The highest BCUT2D eigenvalue weighted by Crippen LogP contribution is 2.24. The van der Waals surface area contributed by atoms with Crippen molar-refractivity contribution in [3.8, 4) is 0 Å². The highest BCUT2D eigenvalue weighted by molar-refractivity contribution is 7.92. The van der Waals surface area contributed by atoms with Crippen molar-refractivity contribution in [3.05, 3.63) is 87.6 Å². The van der Waals surface area contributed by atoms with E-state index >= 15 is 0 Å². The van der Waals surface area contributed by atoms with Gasteiger partial charge in [0.05, 0.1) is 21.7 Å². The van der Waals surface area contributed by atoms with Crippen LogP contribution in [0.1, 0.15) is 10.4 Å². The van der Waals surface area contributed by atoms with Crippen molar-refractivity contribution in [3.63, 3.8) is 0 Å². The van der Waals surface area contributed by atoms with Crippen molar-refractivity contribution in [2.24, 2.45) is 0 Å². The van der Waals surface area contributed by atoms with E-state index < -0.39 is 20.9 Å². The molecule has 1 heterocycles. The third-order valence-electron chi connectivity index (χ3n) is 3.78. The van der Waals surface area contributed by atoms with Crippen LogP contribution < -0.4 is 15.0 Å². The number of aromatic nitrogens is 1. The van der Waals surface area contributed by atoms with Crippen molar-refractivity contribution in [1.82, 2.24) is 0 Å². The minimum Gasteiger partial charge on any atom is -0.322 e. The highest BCUT2D eigenvalue weighted by Gasteiger charge is 2.20. The number of rotatable bonds is 6. The summed E-state index contributed by atoms with van der Waals surface area (Å²) >= 11 is 5.94. The van der Waals surface area contributed by atoms with E-state index in [0.29, 0.717) is 11.5 Å². The number of sulfonamides is 1. The Hall–Kier alpha value is -3.50. The Balaban J connectivity index is 1.73. The first-order chi connectivity index (χ1) is 13.8. The Bertz CT molecular complexity index is 1170. The molecule has 0 aliphatic carbocycles. The second kappa shape index (κ2) is 8.25. The standard InChI is InChI=1S/C18H13ClN4O5S/c19-16-11-13(23(25)26)6-9-15(16)18(24)21-12-4-7-14(8-5-12)29(27,28)22-17-3-1-2-10-20-17/h1-11H,(H,20,22)(H,21,24)/p+1. The second-order valence-electron chi connectivity index (χ2n) is 5.78. The molecular weight excluding hydrogens is 420 g/mol. The number of pyridine rings is 1. The molecular formula is C18H14ClN4O5S+. The van der Waals surface area contributed by atoms with Gasteiger partial charge in [0.15, 0.2) is 0 Å². The molecule has 0 atom stereocenters. The van der Waals surface area contributed by atoms with Crippen molar-refractivity contribution in [2.45, 2.75) is 4.90 Å². The van der Waals surface area contributed by atoms with Crippen molar-refractivity contribution in [1.29, 1.82) is 0 Å². The zero-order valence-electron chi connectivity index (χ0n) is 14.6. The van der Waals surface area contributed by atoms with Gasteiger partial charge in [-0.25, -0.2) is 4.98 Å². The first kappa shape index (κ1) is 20.2. The van der Waals surface area contributed by atoms with E-state index in [1.54, 1.807) is 24.4 Å². The summed E-state index contributed by atoms with van der Waals surface area (Å²) in [5.41, 5.74) is 0.147. The van der Waals surface area contributed by atoms with Crippen molar-refractivity contribution < 1.29 is 23.1 Å². The fourth-order valence-corrected chi connectivity index (χ4v) is 3.67. The third-order valence-corrected chi connectivity index (χ3v) is 5.48. The van der Waals surface area contributed by atoms with Gasteiger partial charge in [0.25, 0.3) is 17.4 Å². The Kier molecular flexibility index (Phi) is 5.76. The van der Waals surface area contributed by atoms with Crippen molar-refractivity contribution >= 4 is 44.7 Å². The number of nitro groups is 1. The number of benzene rings is 2. The van der Waals surface area contributed by atoms with Gasteiger partial charge in [-0.15, -0.1) is 0 Å². The molecule has 0 radical (unpaired) electrons. The lowest BCUT2D eigenvalue weighted by molar-refractivity contribution is -0.384. The predicted molar refractivity (Wildman–Crippen MR) is 106 cm³/mol. The Morgan fingerprint density at radius 2 is 1.79 bits per heavy atom. The fraction of sp³-hybridized carbons (Fsp3) is 0. The van der Waals surface area contributed by atoms with E-state index in [9.17, 15) is 23.3 Å². The van der Waals surface area contributed by atoms with E-state index in [1.807, 2.05) is 0 Å². The number of H-pyrrole nitrogens is 1. The summed E-state index contributed by atoms with van der Waals surface area (Å²) in [7, 11) is -3.81. The number of nitro benzene ring substituents is 1. The predicted octanol–water partition coefficient (Wildman–Crippen LogP) is 3.12. The number of nitrogens with zero attached hydrogens (tertiary/aromatic N) is 1. The summed E-state index contributed by atoms with van der Waals surface area (Å²) in [5, 5.41) is 13.2. The van der Waals surface area contributed by atoms with Gasteiger partial charge in [0, 0.05) is 23.9 Å². The number of nitrogens with one attached hydrogen (secondary N) is 3. The summed E-state index contributed by atoms with van der Waals surface area (Å²) in [6, 6.07) is 14.0. The molecule has 148 valence electrons. The number of halogens is 1. The molecule has 0 saturated heterocycles. The number of carbonyl (C=O) groups excluding carboxylic acids is 1. The van der Waals surface area contributed by atoms with E-state index in [0.717, 1.165) is 6.07 Å². The molecule has 0 fully saturated rings. The minimum atomic E-state index is -3.81. The molecule has 29 heavy (non-hydrogen) atoms. The first-order valence-electron chi connectivity index (χ1n) is 8.11. The fourth-order valence-electron chi connectivity index (χ4n) is 2.38. The number of hydrogen-bond acceptors (Lipinski definition) is 5. The second-order valence-corrected chi connectivity index (χ2v) is 7.87. The lowest BCUT2D eigenvalue weighted by atomic mass is 10.2. The maximum absolute atomic E-state index is 12.4. The van der Waals surface area contributed by atoms with Gasteiger partial charge in [-0.05, 0) is 36.4 Å². The van der Waals surface area contributed by atoms with Crippen LogP contribution in [0.5, 0.6) is 0 Å². The van der Waals surface area contributed by atoms with Gasteiger partial charge in [-0.2, -0.15) is 13.1 Å². The molecule has 0 unspecified atom stereocenters. The Morgan fingerprint density at radius 1 is 1.07 bits per heavy atom. The van der Waals surface area contributed by atoms with Crippen LogP contribution in [-0.2, 0) is 10.0 Å². The molecule has 0 bridgehead atoms. The van der Waals surface area contributed by atoms with E-state index in [1.165, 1.54) is 36.4 Å². The monoisotopic (exact) mass is 433 g/mol. The topological polar surface area (TPSA) is 133 Å². The largest absolute Gasteiger partial charge is 0.328 e. The summed E-state index contributed by atoms with van der Waals surface area (Å²) in [4.78, 5) is 25.2. The average molecular weight is 434 g/mol. The van der Waals surface area contributed by atoms with Gasteiger partial charge >= 0.3 is 10.0 Å². The number of hydrogen-bond donors (Lipinski definition) is 2. The number of aromatic amines is 1. The SMILES string of the molecule is O=C(Nc1ccc(S(=O)(=O)Nc2cccc[nH+]2)cc1)c1ccc([N+](=O)[O-])cc1Cl. The molecule has 11 heteroatoms. The van der Waals surface area contributed by atoms with Crippen LogP contribution in [0.25, 0.3) is 0 Å². The maximum atomic E-state index is 12.4. The Morgan fingerprint density at radius 3 is 2.38 bits per heavy atom. The van der Waals surface area contributed by atoms with E-state index in [4.69, 9.17) is 11.6 Å². The maximum Gasteiger partial charge on any atom is 0.328 e. The zero-order chi connectivity index (χ0) is 21.0. The normalized spacial score (nSPS) is 10.9. The van der Waals surface area contributed by atoms with Crippen LogP contribution in [-0.4, -0.2) is 19.2 Å². The van der Waals surface area contributed by atoms with Crippen LogP contribution >= 0.6 is 11.6 Å². The summed E-state index contributed by atoms with van der Waals surface area (Å²) in [6.45, 7) is 0. The van der Waals surface area contributed by atoms with Gasteiger partial charge in [-0.1, -0.05) is 17.7 Å². The molecule has 0 spiro atoms. The average Bonchev–Trinajstić information content (AvgIpc) is 2.68. The molecule has 0 aliphatic heterocycles. The Labute approximate surface area is 170 Å².